The number of aromatic nitrogens is 1. The number of nitrogens with one attached hydrogen (secondary N) is 2. The van der Waals surface area contributed by atoms with Gasteiger partial charge in [0.25, 0.3) is 5.91 Å². The maximum atomic E-state index is 12.3. The topological polar surface area (TPSA) is 72.5 Å². The van der Waals surface area contributed by atoms with E-state index >= 15 is 0 Å². The molecule has 0 bridgehead atoms. The summed E-state index contributed by atoms with van der Waals surface area (Å²) < 4.78 is 10.5. The molecule has 1 aliphatic carbocycles. The molecule has 144 valence electrons. The molecule has 0 atom stereocenters. The highest BCUT2D eigenvalue weighted by atomic mass is 16.5. The molecule has 1 fully saturated rings. The van der Waals surface area contributed by atoms with Gasteiger partial charge in [-0.1, -0.05) is 18.9 Å². The zero-order chi connectivity index (χ0) is 19.1. The maximum absolute atomic E-state index is 12.3. The van der Waals surface area contributed by atoms with Crippen LogP contribution in [-0.4, -0.2) is 37.7 Å². The molecule has 27 heavy (non-hydrogen) atoms. The fourth-order valence-electron chi connectivity index (χ4n) is 3.37. The van der Waals surface area contributed by atoms with Crippen LogP contribution in [0.2, 0.25) is 0 Å². The Labute approximate surface area is 160 Å². The van der Waals surface area contributed by atoms with E-state index in [-0.39, 0.29) is 5.91 Å². The van der Waals surface area contributed by atoms with Gasteiger partial charge in [-0.3, -0.25) is 4.79 Å². The number of carbonyl (C=O) groups excluding carboxylic acids is 1. The van der Waals surface area contributed by atoms with E-state index in [1.165, 1.54) is 25.7 Å². The molecule has 1 aromatic carbocycles. The second kappa shape index (κ2) is 9.26. The van der Waals surface area contributed by atoms with Crippen molar-refractivity contribution in [3.05, 3.63) is 47.8 Å². The fourth-order valence-corrected chi connectivity index (χ4v) is 3.37. The van der Waals surface area contributed by atoms with Gasteiger partial charge < -0.3 is 20.1 Å². The van der Waals surface area contributed by atoms with Gasteiger partial charge in [-0.25, -0.2) is 4.98 Å². The molecule has 1 aliphatic rings. The molecule has 6 nitrogen and oxygen atoms in total. The van der Waals surface area contributed by atoms with E-state index in [1.807, 2.05) is 24.3 Å². The lowest BCUT2D eigenvalue weighted by Gasteiger charge is -2.13. The third kappa shape index (κ3) is 5.12. The lowest BCUT2D eigenvalue weighted by molar-refractivity contribution is 0.0949. The number of methoxy groups -OCH3 is 2. The Morgan fingerprint density at radius 1 is 1.11 bits per heavy atom. The first-order valence-electron chi connectivity index (χ1n) is 9.41. The second-order valence-electron chi connectivity index (χ2n) is 6.75. The normalized spacial score (nSPS) is 14.0. The minimum absolute atomic E-state index is 0.164. The average molecular weight is 369 g/mol. The highest BCUT2D eigenvalue weighted by molar-refractivity contribution is 5.92. The number of pyridine rings is 1. The van der Waals surface area contributed by atoms with Gasteiger partial charge in [-0.15, -0.1) is 0 Å². The Kier molecular flexibility index (Phi) is 6.52. The van der Waals surface area contributed by atoms with Crippen LogP contribution in [0.25, 0.3) is 0 Å². The summed E-state index contributed by atoms with van der Waals surface area (Å²) in [5.74, 6) is 1.22. The fraction of sp³-hybridized carbons (Fsp3) is 0.429. The van der Waals surface area contributed by atoms with Crippen molar-refractivity contribution in [3.8, 4) is 11.5 Å². The molecule has 0 unspecified atom stereocenters. The van der Waals surface area contributed by atoms with E-state index in [0.29, 0.717) is 36.2 Å². The number of nitrogens with zero attached hydrogens (tertiary/aromatic N) is 1. The Balaban J connectivity index is 1.49. The Morgan fingerprint density at radius 2 is 1.89 bits per heavy atom. The lowest BCUT2D eigenvalue weighted by Crippen LogP contribution is -2.26. The van der Waals surface area contributed by atoms with Gasteiger partial charge in [0.1, 0.15) is 5.69 Å². The van der Waals surface area contributed by atoms with E-state index in [2.05, 4.69) is 15.6 Å². The summed E-state index contributed by atoms with van der Waals surface area (Å²) in [6.07, 6.45) is 7.42. The van der Waals surface area contributed by atoms with Crippen LogP contribution >= 0.6 is 0 Å². The summed E-state index contributed by atoms with van der Waals surface area (Å²) in [7, 11) is 3.22. The van der Waals surface area contributed by atoms with E-state index in [0.717, 1.165) is 11.3 Å². The molecule has 0 saturated heterocycles. The van der Waals surface area contributed by atoms with Crippen LogP contribution < -0.4 is 20.1 Å². The third-order valence-electron chi connectivity index (χ3n) is 4.87. The maximum Gasteiger partial charge on any atom is 0.269 e. The first-order chi connectivity index (χ1) is 13.2. The van der Waals surface area contributed by atoms with Gasteiger partial charge >= 0.3 is 0 Å². The van der Waals surface area contributed by atoms with Crippen molar-refractivity contribution in [1.29, 1.82) is 0 Å². The van der Waals surface area contributed by atoms with Crippen LogP contribution in [0.5, 0.6) is 11.5 Å². The zero-order valence-corrected chi connectivity index (χ0v) is 16.0. The SMILES string of the molecule is COc1ccc(CCNC(=O)c2ccc(NC3CCCC3)cn2)cc1OC. The summed E-state index contributed by atoms with van der Waals surface area (Å²) in [5, 5.41) is 6.39. The Morgan fingerprint density at radius 3 is 2.56 bits per heavy atom. The van der Waals surface area contributed by atoms with Crippen molar-refractivity contribution < 1.29 is 14.3 Å². The average Bonchev–Trinajstić information content (AvgIpc) is 3.21. The van der Waals surface area contributed by atoms with Crippen molar-refractivity contribution in [1.82, 2.24) is 10.3 Å². The number of hydrogen-bond acceptors (Lipinski definition) is 5. The second-order valence-corrected chi connectivity index (χ2v) is 6.75. The Hall–Kier alpha value is -2.76. The van der Waals surface area contributed by atoms with Crippen molar-refractivity contribution >= 4 is 11.6 Å². The standard InChI is InChI=1S/C21H27N3O3/c1-26-19-10-7-15(13-20(19)27-2)11-12-22-21(25)18-9-8-17(14-23-18)24-16-5-3-4-6-16/h7-10,13-14,16,24H,3-6,11-12H2,1-2H3,(H,22,25). The van der Waals surface area contributed by atoms with Crippen molar-refractivity contribution in [2.75, 3.05) is 26.1 Å². The first-order valence-corrected chi connectivity index (χ1v) is 9.41. The summed E-state index contributed by atoms with van der Waals surface area (Å²) in [6, 6.07) is 9.99. The number of rotatable bonds is 8. The van der Waals surface area contributed by atoms with Crippen LogP contribution in [0, 0.1) is 0 Å². The van der Waals surface area contributed by atoms with Crippen LogP contribution in [-0.2, 0) is 6.42 Å². The number of benzene rings is 1. The largest absolute Gasteiger partial charge is 0.493 e. The van der Waals surface area contributed by atoms with Gasteiger partial charge in [-0.2, -0.15) is 0 Å². The minimum Gasteiger partial charge on any atom is -0.493 e. The predicted molar refractivity (Wildman–Crippen MR) is 106 cm³/mol. The summed E-state index contributed by atoms with van der Waals surface area (Å²) in [4.78, 5) is 16.6. The number of amides is 1. The van der Waals surface area contributed by atoms with E-state index in [1.54, 1.807) is 26.5 Å². The quantitative estimate of drug-likeness (QED) is 0.746. The molecular weight excluding hydrogens is 342 g/mol. The van der Waals surface area contributed by atoms with Crippen molar-refractivity contribution in [2.45, 2.75) is 38.1 Å². The molecule has 3 rings (SSSR count). The molecule has 2 aromatic rings. The molecule has 1 aromatic heterocycles. The van der Waals surface area contributed by atoms with E-state index in [4.69, 9.17) is 9.47 Å². The van der Waals surface area contributed by atoms with Gasteiger partial charge in [0.05, 0.1) is 26.1 Å². The van der Waals surface area contributed by atoms with Crippen molar-refractivity contribution in [3.63, 3.8) is 0 Å². The van der Waals surface area contributed by atoms with Crippen molar-refractivity contribution in [2.24, 2.45) is 0 Å². The molecule has 1 amide bonds. The van der Waals surface area contributed by atoms with E-state index in [9.17, 15) is 4.79 Å². The highest BCUT2D eigenvalue weighted by Gasteiger charge is 2.15. The predicted octanol–water partition coefficient (Wildman–Crippen LogP) is 3.43. The molecule has 0 spiro atoms. The molecule has 0 aliphatic heterocycles. The number of ether oxygens (including phenoxy) is 2. The molecule has 0 radical (unpaired) electrons. The summed E-state index contributed by atoms with van der Waals surface area (Å²) >= 11 is 0. The molecule has 1 heterocycles. The molecule has 2 N–H and O–H groups in total. The van der Waals surface area contributed by atoms with Crippen LogP contribution in [0.4, 0.5) is 5.69 Å². The number of hydrogen-bond donors (Lipinski definition) is 2. The lowest BCUT2D eigenvalue weighted by atomic mass is 10.1. The number of carbonyl (C=O) groups is 1. The highest BCUT2D eigenvalue weighted by Crippen LogP contribution is 2.27. The molecule has 6 heteroatoms. The smallest absolute Gasteiger partial charge is 0.269 e. The molecular formula is C21H27N3O3. The number of anilines is 1. The van der Waals surface area contributed by atoms with Gasteiger partial charge in [0.15, 0.2) is 11.5 Å². The third-order valence-corrected chi connectivity index (χ3v) is 4.87. The monoisotopic (exact) mass is 369 g/mol. The van der Waals surface area contributed by atoms with Gasteiger partial charge in [-0.05, 0) is 49.1 Å². The first kappa shape index (κ1) is 19.0. The van der Waals surface area contributed by atoms with Gasteiger partial charge in [0, 0.05) is 12.6 Å². The van der Waals surface area contributed by atoms with Crippen LogP contribution in [0.15, 0.2) is 36.5 Å². The van der Waals surface area contributed by atoms with Crippen LogP contribution in [0.3, 0.4) is 0 Å². The van der Waals surface area contributed by atoms with Gasteiger partial charge in [0.2, 0.25) is 0 Å². The summed E-state index contributed by atoms with van der Waals surface area (Å²) in [5.41, 5.74) is 2.47. The minimum atomic E-state index is -0.164. The summed E-state index contributed by atoms with van der Waals surface area (Å²) in [6.45, 7) is 0.526. The zero-order valence-electron chi connectivity index (χ0n) is 16.0. The van der Waals surface area contributed by atoms with Crippen LogP contribution in [0.1, 0.15) is 41.7 Å². The molecule has 1 saturated carbocycles. The van der Waals surface area contributed by atoms with E-state index < -0.39 is 0 Å². The Bertz CT molecular complexity index is 756.